The molecule has 208 valence electrons. The van der Waals surface area contributed by atoms with E-state index in [0.717, 1.165) is 42.7 Å². The number of fused-ring (bicyclic) bond motifs is 1. The molecule has 2 aliphatic heterocycles. The maximum atomic E-state index is 14.0. The molecule has 5 rings (SSSR count). The van der Waals surface area contributed by atoms with Crippen molar-refractivity contribution in [1.82, 2.24) is 4.57 Å². The molecule has 0 spiro atoms. The Morgan fingerprint density at radius 1 is 1.20 bits per heavy atom. The number of thiazole rings is 1. The maximum absolute atomic E-state index is 14.0. The van der Waals surface area contributed by atoms with Crippen LogP contribution in [0.5, 0.6) is 0 Å². The van der Waals surface area contributed by atoms with Crippen molar-refractivity contribution in [2.24, 2.45) is 4.99 Å². The lowest BCUT2D eigenvalue weighted by molar-refractivity contribution is -0.384. The zero-order valence-electron chi connectivity index (χ0n) is 23.0. The van der Waals surface area contributed by atoms with Crippen molar-refractivity contribution in [2.75, 3.05) is 24.6 Å². The Labute approximate surface area is 235 Å². The highest BCUT2D eigenvalue weighted by Crippen LogP contribution is 2.32. The number of esters is 1. The second-order valence-corrected chi connectivity index (χ2v) is 11.3. The molecule has 0 bridgehead atoms. The van der Waals surface area contributed by atoms with Crippen molar-refractivity contribution in [3.05, 3.63) is 100 Å². The van der Waals surface area contributed by atoms with Gasteiger partial charge in [0.25, 0.3) is 11.2 Å². The standard InChI is InChI=1S/C30H32N4O5S/c1-5-39-29(36)26-19(4)31-30-33(27(26)21-10-8-20(9-11-21)18(2)3)28(35)25(40-30)17-22-16-23(34(37)38)12-13-24(22)32-14-6-7-15-32/h8-13,16-18,27H,5-7,14-15H2,1-4H3. The van der Waals surface area contributed by atoms with E-state index in [1.807, 2.05) is 24.3 Å². The van der Waals surface area contributed by atoms with Gasteiger partial charge in [0, 0.05) is 36.5 Å². The number of rotatable bonds is 7. The zero-order chi connectivity index (χ0) is 28.6. The number of carbonyl (C=O) groups is 1. The first-order valence-corrected chi connectivity index (χ1v) is 14.3. The molecular weight excluding hydrogens is 528 g/mol. The maximum Gasteiger partial charge on any atom is 0.338 e. The molecule has 2 aliphatic rings. The number of allylic oxidation sites excluding steroid dienone is 1. The minimum absolute atomic E-state index is 0.0365. The molecule has 0 amide bonds. The van der Waals surface area contributed by atoms with Gasteiger partial charge in [-0.05, 0) is 55.9 Å². The molecule has 3 heterocycles. The van der Waals surface area contributed by atoms with Gasteiger partial charge in [0.15, 0.2) is 4.80 Å². The second kappa shape index (κ2) is 11.2. The first-order chi connectivity index (χ1) is 19.2. The van der Waals surface area contributed by atoms with Crippen LogP contribution in [-0.2, 0) is 9.53 Å². The molecule has 1 fully saturated rings. The Kier molecular flexibility index (Phi) is 7.71. The van der Waals surface area contributed by atoms with E-state index in [9.17, 15) is 19.7 Å². The summed E-state index contributed by atoms with van der Waals surface area (Å²) in [7, 11) is 0. The minimum atomic E-state index is -0.707. The third-order valence-corrected chi connectivity index (χ3v) is 8.37. The number of nitro groups is 1. The van der Waals surface area contributed by atoms with Gasteiger partial charge in [-0.25, -0.2) is 9.79 Å². The van der Waals surface area contributed by atoms with E-state index in [1.165, 1.54) is 23.5 Å². The lowest BCUT2D eigenvalue weighted by atomic mass is 9.93. The molecular formula is C30H32N4O5S. The van der Waals surface area contributed by atoms with Crippen LogP contribution in [0.1, 0.15) is 69.2 Å². The Bertz CT molecular complexity index is 1680. The van der Waals surface area contributed by atoms with E-state index >= 15 is 0 Å². The molecule has 0 radical (unpaired) electrons. The number of anilines is 1. The highest BCUT2D eigenvalue weighted by molar-refractivity contribution is 7.07. The fourth-order valence-corrected chi connectivity index (χ4v) is 6.37. The van der Waals surface area contributed by atoms with E-state index < -0.39 is 16.9 Å². The van der Waals surface area contributed by atoms with Crippen molar-refractivity contribution in [2.45, 2.75) is 52.5 Å². The summed E-state index contributed by atoms with van der Waals surface area (Å²) in [5, 5.41) is 11.6. The minimum Gasteiger partial charge on any atom is -0.463 e. The molecule has 10 heteroatoms. The van der Waals surface area contributed by atoms with Gasteiger partial charge >= 0.3 is 5.97 Å². The summed E-state index contributed by atoms with van der Waals surface area (Å²) < 4.78 is 7.32. The fourth-order valence-electron chi connectivity index (χ4n) is 5.33. The van der Waals surface area contributed by atoms with Crippen LogP contribution in [0.25, 0.3) is 6.08 Å². The third-order valence-electron chi connectivity index (χ3n) is 7.39. The summed E-state index contributed by atoms with van der Waals surface area (Å²) in [5.74, 6) is -0.177. The van der Waals surface area contributed by atoms with Crippen molar-refractivity contribution >= 4 is 34.8 Å². The summed E-state index contributed by atoms with van der Waals surface area (Å²) in [6.07, 6.45) is 3.81. The molecule has 9 nitrogen and oxygen atoms in total. The molecule has 0 N–H and O–H groups in total. The number of carbonyl (C=O) groups excluding carboxylic acids is 1. The lowest BCUT2D eigenvalue weighted by Gasteiger charge is -2.25. The van der Waals surface area contributed by atoms with Crippen LogP contribution >= 0.6 is 11.3 Å². The average Bonchev–Trinajstić information content (AvgIpc) is 3.56. The van der Waals surface area contributed by atoms with Gasteiger partial charge in [-0.15, -0.1) is 0 Å². The number of non-ortho nitro benzene ring substituents is 1. The monoisotopic (exact) mass is 560 g/mol. The van der Waals surface area contributed by atoms with E-state index in [4.69, 9.17) is 4.74 Å². The summed E-state index contributed by atoms with van der Waals surface area (Å²) in [5.41, 5.74) is 3.87. The molecule has 1 saturated heterocycles. The molecule has 3 aromatic rings. The van der Waals surface area contributed by atoms with Crippen LogP contribution in [0, 0.1) is 10.1 Å². The van der Waals surface area contributed by atoms with Crippen LogP contribution in [0.2, 0.25) is 0 Å². The van der Waals surface area contributed by atoms with E-state index in [2.05, 4.69) is 23.7 Å². The number of nitrogens with zero attached hydrogens (tertiary/aromatic N) is 4. The summed E-state index contributed by atoms with van der Waals surface area (Å²) in [6, 6.07) is 12.0. The van der Waals surface area contributed by atoms with Gasteiger partial charge < -0.3 is 9.64 Å². The molecule has 1 unspecified atom stereocenters. The van der Waals surface area contributed by atoms with Crippen molar-refractivity contribution < 1.29 is 14.5 Å². The van der Waals surface area contributed by atoms with Gasteiger partial charge in [0.1, 0.15) is 0 Å². The number of hydrogen-bond donors (Lipinski definition) is 0. The Morgan fingerprint density at radius 3 is 2.52 bits per heavy atom. The fraction of sp³-hybridized carbons (Fsp3) is 0.367. The first kappa shape index (κ1) is 27.5. The molecule has 40 heavy (non-hydrogen) atoms. The molecule has 1 atom stereocenters. The number of aromatic nitrogens is 1. The van der Waals surface area contributed by atoms with Crippen molar-refractivity contribution in [3.63, 3.8) is 0 Å². The second-order valence-electron chi connectivity index (χ2n) is 10.3. The molecule has 0 saturated carbocycles. The Hall–Kier alpha value is -4.05. The average molecular weight is 561 g/mol. The van der Waals surface area contributed by atoms with Crippen LogP contribution < -0.4 is 19.8 Å². The number of nitro benzene ring substituents is 1. The van der Waals surface area contributed by atoms with Gasteiger partial charge in [-0.1, -0.05) is 49.4 Å². The smallest absolute Gasteiger partial charge is 0.338 e. The summed E-state index contributed by atoms with van der Waals surface area (Å²) >= 11 is 1.21. The number of benzene rings is 2. The highest BCUT2D eigenvalue weighted by Gasteiger charge is 2.33. The van der Waals surface area contributed by atoms with Crippen molar-refractivity contribution in [3.8, 4) is 0 Å². The van der Waals surface area contributed by atoms with Gasteiger partial charge in [-0.2, -0.15) is 0 Å². The quantitative estimate of drug-likeness (QED) is 0.240. The van der Waals surface area contributed by atoms with Gasteiger partial charge in [-0.3, -0.25) is 19.5 Å². The van der Waals surface area contributed by atoms with Gasteiger partial charge in [0.2, 0.25) is 0 Å². The molecule has 2 aromatic carbocycles. The number of ether oxygens (including phenoxy) is 1. The SMILES string of the molecule is CCOC(=O)C1=C(C)N=c2sc(=Cc3cc([N+](=O)[O-])ccc3N3CCCC3)c(=O)n2C1c1ccc(C(C)C)cc1. The molecule has 1 aromatic heterocycles. The normalized spacial score (nSPS) is 17.3. The Balaban J connectivity index is 1.71. The third kappa shape index (κ3) is 5.11. The largest absolute Gasteiger partial charge is 0.463 e. The predicted molar refractivity (Wildman–Crippen MR) is 155 cm³/mol. The van der Waals surface area contributed by atoms with Crippen LogP contribution in [0.4, 0.5) is 11.4 Å². The first-order valence-electron chi connectivity index (χ1n) is 13.5. The van der Waals surface area contributed by atoms with Crippen LogP contribution in [0.3, 0.4) is 0 Å². The van der Waals surface area contributed by atoms with Crippen molar-refractivity contribution in [1.29, 1.82) is 0 Å². The van der Waals surface area contributed by atoms with Gasteiger partial charge in [0.05, 0.1) is 33.4 Å². The van der Waals surface area contributed by atoms with Crippen LogP contribution in [0.15, 0.2) is 63.5 Å². The lowest BCUT2D eigenvalue weighted by Crippen LogP contribution is -2.40. The highest BCUT2D eigenvalue weighted by atomic mass is 32.1. The zero-order valence-corrected chi connectivity index (χ0v) is 23.9. The summed E-state index contributed by atoms with van der Waals surface area (Å²) in [4.78, 5) is 45.6. The van der Waals surface area contributed by atoms with E-state index in [1.54, 1.807) is 30.6 Å². The van der Waals surface area contributed by atoms with E-state index in [0.29, 0.717) is 32.1 Å². The van der Waals surface area contributed by atoms with Crippen LogP contribution in [-0.4, -0.2) is 35.2 Å². The molecule has 0 aliphatic carbocycles. The topological polar surface area (TPSA) is 107 Å². The summed E-state index contributed by atoms with van der Waals surface area (Å²) in [6.45, 7) is 9.62. The predicted octanol–water partition coefficient (Wildman–Crippen LogP) is 4.43. The Morgan fingerprint density at radius 2 is 1.90 bits per heavy atom. The number of hydrogen-bond acceptors (Lipinski definition) is 8. The van der Waals surface area contributed by atoms with E-state index in [-0.39, 0.29) is 17.9 Å².